The number of amides is 3. The van der Waals surface area contributed by atoms with Crippen molar-refractivity contribution in [1.29, 1.82) is 0 Å². The van der Waals surface area contributed by atoms with Crippen LogP contribution in [0.3, 0.4) is 0 Å². The number of hydrogen-bond acceptors (Lipinski definition) is 5. The van der Waals surface area contributed by atoms with Crippen LogP contribution in [0.1, 0.15) is 81.7 Å². The topological polar surface area (TPSA) is 105 Å². The molecule has 0 saturated heterocycles. The van der Waals surface area contributed by atoms with Gasteiger partial charge < -0.3 is 20.1 Å². The zero-order chi connectivity index (χ0) is 25.4. The Kier molecular flexibility index (Phi) is 9.46. The maximum absolute atomic E-state index is 13.6. The highest BCUT2D eigenvalue weighted by molar-refractivity contribution is 5.94. The highest BCUT2D eigenvalue weighted by Crippen LogP contribution is 2.28. The fraction of sp³-hybridized carbons (Fsp3) is 0.556. The summed E-state index contributed by atoms with van der Waals surface area (Å²) in [5, 5.41) is 9.61. The van der Waals surface area contributed by atoms with Crippen molar-refractivity contribution in [3.8, 4) is 0 Å². The molecule has 1 aromatic heterocycles. The average Bonchev–Trinajstić information content (AvgIpc) is 3.47. The first kappa shape index (κ1) is 26.4. The molecular formula is C27H38N4O4. The molecule has 8 nitrogen and oxygen atoms in total. The Labute approximate surface area is 207 Å². The van der Waals surface area contributed by atoms with Gasteiger partial charge in [-0.1, -0.05) is 56.1 Å². The predicted molar refractivity (Wildman–Crippen MR) is 135 cm³/mol. The number of nitrogens with zero attached hydrogens (tertiary/aromatic N) is 2. The molecule has 1 atom stereocenters. The molecule has 8 heteroatoms. The number of aromatic nitrogens is 1. The van der Waals surface area contributed by atoms with Gasteiger partial charge in [-0.05, 0) is 50.2 Å². The minimum Gasteiger partial charge on any atom is -0.360 e. The second kappa shape index (κ2) is 12.5. The summed E-state index contributed by atoms with van der Waals surface area (Å²) in [6.45, 7) is 8.33. The summed E-state index contributed by atoms with van der Waals surface area (Å²) in [5.74, 6) is 0.589. The van der Waals surface area contributed by atoms with E-state index in [1.165, 1.54) is 0 Å². The van der Waals surface area contributed by atoms with Crippen LogP contribution < -0.4 is 10.6 Å². The number of nitrogens with one attached hydrogen (secondary N) is 2. The summed E-state index contributed by atoms with van der Waals surface area (Å²) in [7, 11) is 0. The third kappa shape index (κ3) is 7.67. The standard InChI is InChI=1S/C27H38N4O4/c1-18(2)15-16-31(25(33)14-13-24(32)29-23-17-20(4)35-30-23)26(22-12-8-5-9-19(22)3)27(34)28-21-10-6-7-11-21/h5,8-9,12,17-18,21,26H,6-7,10-11,13-16H2,1-4H3,(H,28,34)(H,29,30,32)/t26-/m1/s1. The van der Waals surface area contributed by atoms with E-state index < -0.39 is 6.04 Å². The number of benzene rings is 1. The molecule has 190 valence electrons. The maximum atomic E-state index is 13.6. The minimum absolute atomic E-state index is 0.000147. The van der Waals surface area contributed by atoms with Crippen molar-refractivity contribution in [2.45, 2.75) is 84.7 Å². The Morgan fingerprint density at radius 2 is 1.83 bits per heavy atom. The largest absolute Gasteiger partial charge is 0.360 e. The van der Waals surface area contributed by atoms with Gasteiger partial charge in [0.2, 0.25) is 17.7 Å². The lowest BCUT2D eigenvalue weighted by molar-refractivity contribution is -0.142. The number of aryl methyl sites for hydroxylation is 2. The molecule has 2 N–H and O–H groups in total. The van der Waals surface area contributed by atoms with Crippen molar-refractivity contribution >= 4 is 23.5 Å². The van der Waals surface area contributed by atoms with Crippen LogP contribution in [0.5, 0.6) is 0 Å². The predicted octanol–water partition coefficient (Wildman–Crippen LogP) is 4.68. The van der Waals surface area contributed by atoms with E-state index in [1.807, 2.05) is 31.2 Å². The summed E-state index contributed by atoms with van der Waals surface area (Å²) < 4.78 is 4.97. The zero-order valence-electron chi connectivity index (χ0n) is 21.3. The first-order valence-corrected chi connectivity index (χ1v) is 12.6. The molecule has 1 saturated carbocycles. The summed E-state index contributed by atoms with van der Waals surface area (Å²) in [5.41, 5.74) is 1.78. The van der Waals surface area contributed by atoms with E-state index >= 15 is 0 Å². The molecule has 0 unspecified atom stereocenters. The van der Waals surface area contributed by atoms with Crippen molar-refractivity contribution in [1.82, 2.24) is 15.4 Å². The summed E-state index contributed by atoms with van der Waals surface area (Å²) in [6.07, 6.45) is 4.90. The van der Waals surface area contributed by atoms with Crippen LogP contribution in [0.15, 0.2) is 34.9 Å². The summed E-state index contributed by atoms with van der Waals surface area (Å²) in [6, 6.07) is 8.75. The van der Waals surface area contributed by atoms with Crippen molar-refractivity contribution in [2.24, 2.45) is 5.92 Å². The SMILES string of the molecule is Cc1cc(NC(=O)CCC(=O)N(CCC(C)C)[C@@H](C(=O)NC2CCCC2)c2ccccc2C)no1. The Hall–Kier alpha value is -3.16. The average molecular weight is 483 g/mol. The van der Waals surface area contributed by atoms with Crippen molar-refractivity contribution in [2.75, 3.05) is 11.9 Å². The van der Waals surface area contributed by atoms with Crippen LogP contribution in [0.4, 0.5) is 5.82 Å². The normalized spacial score (nSPS) is 14.7. The Balaban J connectivity index is 1.79. The Morgan fingerprint density at radius 1 is 1.11 bits per heavy atom. The van der Waals surface area contributed by atoms with Crippen molar-refractivity contribution < 1.29 is 18.9 Å². The lowest BCUT2D eigenvalue weighted by atomic mass is 9.97. The molecule has 3 amide bonds. The van der Waals surface area contributed by atoms with Crippen LogP contribution >= 0.6 is 0 Å². The quantitative estimate of drug-likeness (QED) is 0.484. The van der Waals surface area contributed by atoms with Crippen molar-refractivity contribution in [3.63, 3.8) is 0 Å². The first-order chi connectivity index (χ1) is 16.7. The molecule has 2 aromatic rings. The molecule has 0 bridgehead atoms. The molecule has 1 aliphatic rings. The summed E-state index contributed by atoms with van der Waals surface area (Å²) >= 11 is 0. The van der Waals surface area contributed by atoms with Crippen LogP contribution in [0.2, 0.25) is 0 Å². The van der Waals surface area contributed by atoms with E-state index in [4.69, 9.17) is 4.52 Å². The highest BCUT2D eigenvalue weighted by Gasteiger charge is 2.33. The lowest BCUT2D eigenvalue weighted by Crippen LogP contribution is -2.47. The van der Waals surface area contributed by atoms with E-state index in [0.29, 0.717) is 24.0 Å². The molecule has 0 radical (unpaired) electrons. The van der Waals surface area contributed by atoms with Gasteiger partial charge in [0, 0.05) is 31.5 Å². The molecular weight excluding hydrogens is 444 g/mol. The fourth-order valence-corrected chi connectivity index (χ4v) is 4.48. The van der Waals surface area contributed by atoms with E-state index in [-0.39, 0.29) is 36.6 Å². The molecule has 1 heterocycles. The third-order valence-corrected chi connectivity index (χ3v) is 6.47. The lowest BCUT2D eigenvalue weighted by Gasteiger charge is -2.33. The second-order valence-corrected chi connectivity index (χ2v) is 9.89. The number of carbonyl (C=O) groups excluding carboxylic acids is 3. The van der Waals surface area contributed by atoms with E-state index in [0.717, 1.165) is 43.2 Å². The van der Waals surface area contributed by atoms with Crippen molar-refractivity contribution in [3.05, 3.63) is 47.2 Å². The monoisotopic (exact) mass is 482 g/mol. The first-order valence-electron chi connectivity index (χ1n) is 12.6. The Bertz CT molecular complexity index is 1010. The van der Waals surface area contributed by atoms with Crippen LogP contribution in [0.25, 0.3) is 0 Å². The third-order valence-electron chi connectivity index (χ3n) is 6.47. The number of hydrogen-bond donors (Lipinski definition) is 2. The highest BCUT2D eigenvalue weighted by atomic mass is 16.5. The molecule has 0 aliphatic heterocycles. The smallest absolute Gasteiger partial charge is 0.247 e. The van der Waals surface area contributed by atoms with Gasteiger partial charge in [0.15, 0.2) is 5.82 Å². The van der Waals surface area contributed by atoms with Crippen LogP contribution in [-0.2, 0) is 14.4 Å². The van der Waals surface area contributed by atoms with Gasteiger partial charge in [-0.25, -0.2) is 0 Å². The van der Waals surface area contributed by atoms with E-state index in [9.17, 15) is 14.4 Å². The van der Waals surface area contributed by atoms with E-state index in [1.54, 1.807) is 17.9 Å². The fourth-order valence-electron chi connectivity index (χ4n) is 4.48. The number of anilines is 1. The van der Waals surface area contributed by atoms with Gasteiger partial charge >= 0.3 is 0 Å². The molecule has 1 aromatic carbocycles. The van der Waals surface area contributed by atoms with E-state index in [2.05, 4.69) is 29.6 Å². The van der Waals surface area contributed by atoms with Gasteiger partial charge in [0.05, 0.1) is 0 Å². The minimum atomic E-state index is -0.732. The van der Waals surface area contributed by atoms with Gasteiger partial charge in [0.25, 0.3) is 0 Å². The molecule has 0 spiro atoms. The van der Waals surface area contributed by atoms with Gasteiger partial charge in [0.1, 0.15) is 11.8 Å². The zero-order valence-corrected chi connectivity index (χ0v) is 21.3. The molecule has 35 heavy (non-hydrogen) atoms. The molecule has 3 rings (SSSR count). The number of rotatable bonds is 11. The van der Waals surface area contributed by atoms with Crippen LogP contribution in [0, 0.1) is 19.8 Å². The van der Waals surface area contributed by atoms with Gasteiger partial charge in [-0.15, -0.1) is 0 Å². The number of carbonyl (C=O) groups is 3. The summed E-state index contributed by atoms with van der Waals surface area (Å²) in [4.78, 5) is 41.2. The van der Waals surface area contributed by atoms with Gasteiger partial charge in [-0.3, -0.25) is 14.4 Å². The maximum Gasteiger partial charge on any atom is 0.247 e. The second-order valence-electron chi connectivity index (χ2n) is 9.89. The molecule has 1 aliphatic carbocycles. The molecule has 1 fully saturated rings. The Morgan fingerprint density at radius 3 is 2.46 bits per heavy atom. The van der Waals surface area contributed by atoms with Gasteiger partial charge in [-0.2, -0.15) is 0 Å². The van der Waals surface area contributed by atoms with Crippen LogP contribution in [-0.4, -0.2) is 40.4 Å².